The van der Waals surface area contributed by atoms with Gasteiger partial charge in [0, 0.05) is 23.5 Å². The summed E-state index contributed by atoms with van der Waals surface area (Å²) in [4.78, 5) is 28.8. The smallest absolute Gasteiger partial charge is 0.276 e. The molecule has 0 aromatic heterocycles. The number of benzene rings is 3. The Morgan fingerprint density at radius 1 is 0.968 bits per heavy atom. The second kappa shape index (κ2) is 6.25. The molecule has 6 rings (SSSR count). The van der Waals surface area contributed by atoms with E-state index in [4.69, 9.17) is 9.47 Å². The predicted molar refractivity (Wildman–Crippen MR) is 114 cm³/mol. The monoisotopic (exact) mass is 413 g/mol. The van der Waals surface area contributed by atoms with Crippen LogP contribution in [0.5, 0.6) is 11.5 Å². The van der Waals surface area contributed by atoms with E-state index in [9.17, 15) is 9.59 Å². The molecule has 3 aliphatic heterocycles. The normalized spacial score (nSPS) is 20.4. The number of amides is 2. The summed E-state index contributed by atoms with van der Waals surface area (Å²) in [7, 11) is 0. The maximum Gasteiger partial charge on any atom is 0.276 e. The summed E-state index contributed by atoms with van der Waals surface area (Å²) >= 11 is 0. The van der Waals surface area contributed by atoms with Gasteiger partial charge in [-0.25, -0.2) is 0 Å². The molecular formula is C24H19N3O4. The van der Waals surface area contributed by atoms with Crippen LogP contribution in [0, 0.1) is 6.92 Å². The minimum absolute atomic E-state index is 0.176. The van der Waals surface area contributed by atoms with Gasteiger partial charge >= 0.3 is 0 Å². The zero-order chi connectivity index (χ0) is 21.2. The van der Waals surface area contributed by atoms with Crippen LogP contribution < -0.4 is 20.1 Å². The Morgan fingerprint density at radius 2 is 1.81 bits per heavy atom. The number of nitrogens with one attached hydrogen (secondary N) is 2. The fourth-order valence-corrected chi connectivity index (χ4v) is 4.54. The van der Waals surface area contributed by atoms with Gasteiger partial charge in [-0.15, -0.1) is 0 Å². The summed E-state index contributed by atoms with van der Waals surface area (Å²) in [5.74, 6) is 0.816. The lowest BCUT2D eigenvalue weighted by atomic mass is 9.91. The van der Waals surface area contributed by atoms with Gasteiger partial charge in [0.05, 0.1) is 5.56 Å². The first-order valence-electron chi connectivity index (χ1n) is 10.1. The van der Waals surface area contributed by atoms with Crippen LogP contribution in [0.15, 0.2) is 60.7 Å². The van der Waals surface area contributed by atoms with E-state index in [2.05, 4.69) is 10.6 Å². The molecule has 3 heterocycles. The number of nitrogens with zero attached hydrogens (tertiary/aromatic N) is 1. The van der Waals surface area contributed by atoms with Crippen molar-refractivity contribution in [3.05, 3.63) is 82.9 Å². The number of rotatable bonds is 2. The highest BCUT2D eigenvalue weighted by atomic mass is 16.7. The molecule has 0 fully saturated rings. The van der Waals surface area contributed by atoms with Gasteiger partial charge < -0.3 is 20.1 Å². The van der Waals surface area contributed by atoms with Crippen LogP contribution in [0.4, 0.5) is 11.4 Å². The number of fused-ring (bicyclic) bond motifs is 4. The molecule has 7 nitrogen and oxygen atoms in total. The maximum absolute atomic E-state index is 13.7. The number of anilines is 2. The van der Waals surface area contributed by atoms with Gasteiger partial charge in [-0.1, -0.05) is 29.8 Å². The van der Waals surface area contributed by atoms with Gasteiger partial charge in [-0.3, -0.25) is 14.5 Å². The first-order valence-corrected chi connectivity index (χ1v) is 10.1. The Balaban J connectivity index is 1.53. The number of hydrogen-bond donors (Lipinski definition) is 2. The predicted octanol–water partition coefficient (Wildman–Crippen LogP) is 3.60. The molecule has 2 amide bonds. The molecule has 7 heteroatoms. The average Bonchev–Trinajstić information content (AvgIpc) is 3.34. The Labute approximate surface area is 178 Å². The van der Waals surface area contributed by atoms with Crippen molar-refractivity contribution in [3.8, 4) is 11.5 Å². The zero-order valence-electron chi connectivity index (χ0n) is 16.8. The molecule has 0 saturated heterocycles. The number of para-hydroxylation sites is 1. The zero-order valence-corrected chi connectivity index (χ0v) is 16.8. The van der Waals surface area contributed by atoms with E-state index < -0.39 is 5.66 Å². The van der Waals surface area contributed by atoms with Crippen molar-refractivity contribution in [2.45, 2.75) is 19.1 Å². The van der Waals surface area contributed by atoms with Crippen LogP contribution in [0.2, 0.25) is 0 Å². The number of hydrogen-bond acceptors (Lipinski definition) is 5. The third kappa shape index (κ3) is 2.46. The lowest BCUT2D eigenvalue weighted by molar-refractivity contribution is -0.125. The third-order valence-corrected chi connectivity index (χ3v) is 6.04. The second-order valence-electron chi connectivity index (χ2n) is 7.96. The molecule has 0 unspecified atom stereocenters. The fraction of sp³-hybridized carbons (Fsp3) is 0.167. The third-order valence-electron chi connectivity index (χ3n) is 6.04. The molecule has 1 atom stereocenters. The van der Waals surface area contributed by atoms with Crippen molar-refractivity contribution >= 4 is 23.2 Å². The van der Waals surface area contributed by atoms with Gasteiger partial charge in [0.2, 0.25) is 12.5 Å². The van der Waals surface area contributed by atoms with Gasteiger partial charge in [-0.2, -0.15) is 0 Å². The minimum Gasteiger partial charge on any atom is -0.454 e. The van der Waals surface area contributed by atoms with E-state index in [0.717, 1.165) is 16.7 Å². The fourth-order valence-electron chi connectivity index (χ4n) is 4.54. The SMILES string of the molecule is Cc1ccc2c(c1)[C@@]1(Nc3ccccc3C(=O)N1Cc1ccc3c(c1)OCO3)C(=O)N2. The summed E-state index contributed by atoms with van der Waals surface area (Å²) in [5, 5.41) is 6.35. The Morgan fingerprint density at radius 3 is 2.71 bits per heavy atom. The van der Waals surface area contributed by atoms with Crippen molar-refractivity contribution in [3.63, 3.8) is 0 Å². The van der Waals surface area contributed by atoms with Gasteiger partial charge in [0.1, 0.15) is 0 Å². The van der Waals surface area contributed by atoms with E-state index in [1.807, 2.05) is 61.5 Å². The lowest BCUT2D eigenvalue weighted by Crippen LogP contribution is -2.60. The highest BCUT2D eigenvalue weighted by Crippen LogP contribution is 2.46. The van der Waals surface area contributed by atoms with E-state index in [1.54, 1.807) is 11.0 Å². The van der Waals surface area contributed by atoms with E-state index in [1.165, 1.54) is 0 Å². The van der Waals surface area contributed by atoms with E-state index in [-0.39, 0.29) is 25.2 Å². The van der Waals surface area contributed by atoms with Crippen molar-refractivity contribution in [1.82, 2.24) is 4.90 Å². The molecule has 31 heavy (non-hydrogen) atoms. The van der Waals surface area contributed by atoms with E-state index >= 15 is 0 Å². The molecule has 3 aromatic rings. The summed E-state index contributed by atoms with van der Waals surface area (Å²) in [6.07, 6.45) is 0. The average molecular weight is 413 g/mol. The highest BCUT2D eigenvalue weighted by molar-refractivity contribution is 6.14. The summed E-state index contributed by atoms with van der Waals surface area (Å²) in [6, 6.07) is 18.6. The molecule has 3 aliphatic rings. The molecular weight excluding hydrogens is 394 g/mol. The van der Waals surface area contributed by atoms with Crippen LogP contribution in [0.3, 0.4) is 0 Å². The van der Waals surface area contributed by atoms with Crippen molar-refractivity contribution < 1.29 is 19.1 Å². The van der Waals surface area contributed by atoms with Crippen molar-refractivity contribution in [2.75, 3.05) is 17.4 Å². The second-order valence-corrected chi connectivity index (χ2v) is 7.96. The summed E-state index contributed by atoms with van der Waals surface area (Å²) in [5.41, 5.74) is 3.11. The Bertz CT molecular complexity index is 1270. The van der Waals surface area contributed by atoms with E-state index in [0.29, 0.717) is 28.4 Å². The molecule has 2 N–H and O–H groups in total. The quantitative estimate of drug-likeness (QED) is 0.671. The molecule has 0 aliphatic carbocycles. The van der Waals surface area contributed by atoms with Crippen LogP contribution in [-0.4, -0.2) is 23.5 Å². The standard InChI is InChI=1S/C24H19N3O4/c1-14-6-8-19-17(10-14)24(23(29)25-19)26-18-5-3-2-4-16(18)22(28)27(24)12-15-7-9-20-21(11-15)31-13-30-20/h2-11,26H,12-13H2,1H3,(H,25,29)/t24-/m0/s1. The molecule has 154 valence electrons. The molecule has 3 aromatic carbocycles. The lowest BCUT2D eigenvalue weighted by Gasteiger charge is -2.44. The van der Waals surface area contributed by atoms with Crippen LogP contribution in [0.1, 0.15) is 27.0 Å². The molecule has 0 saturated carbocycles. The Hall–Kier alpha value is -4.00. The van der Waals surface area contributed by atoms with Gasteiger partial charge in [0.25, 0.3) is 11.8 Å². The van der Waals surface area contributed by atoms with Gasteiger partial charge in [-0.05, 0) is 48.9 Å². The number of aryl methyl sites for hydroxylation is 1. The molecule has 0 bridgehead atoms. The maximum atomic E-state index is 13.7. The number of ether oxygens (including phenoxy) is 2. The summed E-state index contributed by atoms with van der Waals surface area (Å²) < 4.78 is 10.9. The van der Waals surface area contributed by atoms with Gasteiger partial charge in [0.15, 0.2) is 11.5 Å². The largest absolute Gasteiger partial charge is 0.454 e. The topological polar surface area (TPSA) is 79.9 Å². The van der Waals surface area contributed by atoms with Crippen LogP contribution >= 0.6 is 0 Å². The van der Waals surface area contributed by atoms with Crippen LogP contribution in [-0.2, 0) is 17.0 Å². The van der Waals surface area contributed by atoms with Crippen molar-refractivity contribution in [2.24, 2.45) is 0 Å². The van der Waals surface area contributed by atoms with Crippen LogP contribution in [0.25, 0.3) is 0 Å². The molecule has 0 radical (unpaired) electrons. The highest BCUT2D eigenvalue weighted by Gasteiger charge is 2.56. The summed E-state index contributed by atoms with van der Waals surface area (Å²) in [6.45, 7) is 2.37. The first-order chi connectivity index (χ1) is 15.1. The number of carbonyl (C=O) groups excluding carboxylic acids is 2. The van der Waals surface area contributed by atoms with Crippen molar-refractivity contribution in [1.29, 1.82) is 0 Å². The Kier molecular flexibility index (Phi) is 3.59. The minimum atomic E-state index is -1.34. The first kappa shape index (κ1) is 17.8. The molecule has 1 spiro atoms. The number of carbonyl (C=O) groups is 2.